The highest BCUT2D eigenvalue weighted by Gasteiger charge is 2.04. The zero-order chi connectivity index (χ0) is 13.1. The van der Waals surface area contributed by atoms with E-state index in [0.717, 1.165) is 22.9 Å². The van der Waals surface area contributed by atoms with Crippen molar-refractivity contribution in [3.8, 4) is 11.5 Å². The first-order valence-corrected chi connectivity index (χ1v) is 5.94. The van der Waals surface area contributed by atoms with Gasteiger partial charge in [-0.2, -0.15) is 0 Å². The van der Waals surface area contributed by atoms with E-state index in [1.807, 2.05) is 36.4 Å². The summed E-state index contributed by atoms with van der Waals surface area (Å²) in [5.74, 6) is 1.37. The van der Waals surface area contributed by atoms with Crippen LogP contribution in [0.4, 0.5) is 0 Å². The predicted molar refractivity (Wildman–Crippen MR) is 73.6 cm³/mol. The molecule has 0 N–H and O–H groups in total. The molecule has 1 aromatic heterocycles. The quantitative estimate of drug-likeness (QED) is 0.662. The van der Waals surface area contributed by atoms with Crippen LogP contribution < -0.4 is 4.74 Å². The molecule has 0 aliphatic carbocycles. The first-order chi connectivity index (χ1) is 9.36. The summed E-state index contributed by atoms with van der Waals surface area (Å²) in [5, 5.41) is 0.946. The topological polar surface area (TPSA) is 39.2 Å². The Morgan fingerprint density at radius 3 is 2.79 bits per heavy atom. The van der Waals surface area contributed by atoms with Gasteiger partial charge >= 0.3 is 0 Å². The number of nitrogens with zero attached hydrogens (tertiary/aromatic N) is 1. The minimum atomic E-state index is 0.593. The van der Waals surface area contributed by atoms with Crippen molar-refractivity contribution in [1.82, 2.24) is 4.98 Å². The molecule has 3 heteroatoms. The van der Waals surface area contributed by atoms with Gasteiger partial charge in [0, 0.05) is 17.1 Å². The fourth-order valence-electron chi connectivity index (χ4n) is 1.94. The van der Waals surface area contributed by atoms with E-state index in [-0.39, 0.29) is 0 Å². The smallest absolute Gasteiger partial charge is 0.150 e. The van der Waals surface area contributed by atoms with Gasteiger partial charge in [-0.1, -0.05) is 18.2 Å². The summed E-state index contributed by atoms with van der Waals surface area (Å²) in [7, 11) is 0. The lowest BCUT2D eigenvalue weighted by Gasteiger charge is -2.08. The normalized spacial score (nSPS) is 10.3. The summed E-state index contributed by atoms with van der Waals surface area (Å²) in [6, 6.07) is 16.6. The molecule has 0 amide bonds. The summed E-state index contributed by atoms with van der Waals surface area (Å²) in [4.78, 5) is 15.0. The number of pyridine rings is 1. The Morgan fingerprint density at radius 2 is 1.89 bits per heavy atom. The Bertz CT molecular complexity index is 732. The average Bonchev–Trinajstić information content (AvgIpc) is 2.48. The van der Waals surface area contributed by atoms with Gasteiger partial charge in [0.25, 0.3) is 0 Å². The molecule has 0 spiro atoms. The first kappa shape index (κ1) is 11.4. The summed E-state index contributed by atoms with van der Waals surface area (Å²) in [6.07, 6.45) is 2.55. The third-order valence-corrected chi connectivity index (χ3v) is 2.83. The minimum absolute atomic E-state index is 0.593. The molecule has 0 saturated heterocycles. The molecule has 2 aromatic carbocycles. The van der Waals surface area contributed by atoms with Crippen LogP contribution in [0.25, 0.3) is 10.9 Å². The zero-order valence-corrected chi connectivity index (χ0v) is 10.1. The molecule has 0 radical (unpaired) electrons. The second-order valence-corrected chi connectivity index (χ2v) is 4.12. The second-order valence-electron chi connectivity index (χ2n) is 4.12. The molecule has 0 unspecified atom stereocenters. The molecule has 0 atom stereocenters. The van der Waals surface area contributed by atoms with Gasteiger partial charge in [0.05, 0.1) is 5.52 Å². The Balaban J connectivity index is 2.03. The van der Waals surface area contributed by atoms with E-state index in [0.29, 0.717) is 11.3 Å². The summed E-state index contributed by atoms with van der Waals surface area (Å²) >= 11 is 0. The number of aldehydes is 1. The molecule has 3 aromatic rings. The van der Waals surface area contributed by atoms with Gasteiger partial charge in [-0.25, -0.2) is 0 Å². The predicted octanol–water partition coefficient (Wildman–Crippen LogP) is 3.84. The van der Waals surface area contributed by atoms with Crippen molar-refractivity contribution in [2.24, 2.45) is 0 Å². The number of carbonyl (C=O) groups is 1. The van der Waals surface area contributed by atoms with Crippen LogP contribution in [0.15, 0.2) is 60.8 Å². The monoisotopic (exact) mass is 249 g/mol. The fraction of sp³-hybridized carbons (Fsp3) is 0. The van der Waals surface area contributed by atoms with Crippen LogP contribution in [0.5, 0.6) is 11.5 Å². The van der Waals surface area contributed by atoms with Crippen LogP contribution in [-0.4, -0.2) is 11.3 Å². The van der Waals surface area contributed by atoms with Crippen molar-refractivity contribution in [2.75, 3.05) is 0 Å². The molecular formula is C16H11NO2. The molecule has 0 aliphatic heterocycles. The van der Waals surface area contributed by atoms with Gasteiger partial charge in [-0.05, 0) is 36.4 Å². The van der Waals surface area contributed by atoms with E-state index >= 15 is 0 Å². The summed E-state index contributed by atoms with van der Waals surface area (Å²) < 4.78 is 5.84. The van der Waals surface area contributed by atoms with E-state index in [2.05, 4.69) is 4.98 Å². The van der Waals surface area contributed by atoms with Gasteiger partial charge < -0.3 is 4.74 Å². The average molecular weight is 249 g/mol. The van der Waals surface area contributed by atoms with Crippen LogP contribution in [0, 0.1) is 0 Å². The van der Waals surface area contributed by atoms with Gasteiger partial charge in [-0.15, -0.1) is 0 Å². The Labute approximate surface area is 110 Å². The molecule has 1 heterocycles. The van der Waals surface area contributed by atoms with Gasteiger partial charge in [-0.3, -0.25) is 9.78 Å². The SMILES string of the molecule is O=Cc1cccc(Oc2cccc3ncccc23)c1. The molecule has 0 aliphatic rings. The number of hydrogen-bond acceptors (Lipinski definition) is 3. The van der Waals surface area contributed by atoms with E-state index in [1.165, 1.54) is 0 Å². The lowest BCUT2D eigenvalue weighted by Crippen LogP contribution is -1.88. The fourth-order valence-corrected chi connectivity index (χ4v) is 1.94. The third-order valence-electron chi connectivity index (χ3n) is 2.83. The van der Waals surface area contributed by atoms with Crippen molar-refractivity contribution < 1.29 is 9.53 Å². The molecule has 0 bridgehead atoms. The van der Waals surface area contributed by atoms with Crippen LogP contribution in [0.2, 0.25) is 0 Å². The highest BCUT2D eigenvalue weighted by molar-refractivity contribution is 5.85. The molecular weight excluding hydrogens is 238 g/mol. The Morgan fingerprint density at radius 1 is 1.00 bits per heavy atom. The number of carbonyl (C=O) groups excluding carboxylic acids is 1. The highest BCUT2D eigenvalue weighted by Crippen LogP contribution is 2.28. The number of hydrogen-bond donors (Lipinski definition) is 0. The van der Waals surface area contributed by atoms with Crippen LogP contribution in [-0.2, 0) is 0 Å². The van der Waals surface area contributed by atoms with Crippen LogP contribution >= 0.6 is 0 Å². The summed E-state index contributed by atoms with van der Waals surface area (Å²) in [5.41, 5.74) is 1.47. The van der Waals surface area contributed by atoms with Crippen LogP contribution in [0.3, 0.4) is 0 Å². The second kappa shape index (κ2) is 4.90. The van der Waals surface area contributed by atoms with E-state index in [4.69, 9.17) is 4.74 Å². The largest absolute Gasteiger partial charge is 0.457 e. The van der Waals surface area contributed by atoms with Gasteiger partial charge in [0.1, 0.15) is 17.8 Å². The lowest BCUT2D eigenvalue weighted by molar-refractivity contribution is 0.112. The molecule has 0 fully saturated rings. The van der Waals surface area contributed by atoms with E-state index in [9.17, 15) is 4.79 Å². The Kier molecular flexibility index (Phi) is 2.94. The van der Waals surface area contributed by atoms with Crippen molar-refractivity contribution in [1.29, 1.82) is 0 Å². The standard InChI is InChI=1S/C16H11NO2/c18-11-12-4-1-5-13(10-12)19-16-8-2-7-15-14(16)6-3-9-17-15/h1-11H. The maximum Gasteiger partial charge on any atom is 0.150 e. The maximum atomic E-state index is 10.8. The van der Waals surface area contributed by atoms with Gasteiger partial charge in [0.15, 0.2) is 0 Å². The number of fused-ring (bicyclic) bond motifs is 1. The molecule has 3 nitrogen and oxygen atoms in total. The molecule has 19 heavy (non-hydrogen) atoms. The van der Waals surface area contributed by atoms with E-state index in [1.54, 1.807) is 24.4 Å². The van der Waals surface area contributed by atoms with E-state index < -0.39 is 0 Å². The van der Waals surface area contributed by atoms with Crippen molar-refractivity contribution in [3.05, 3.63) is 66.4 Å². The third kappa shape index (κ3) is 2.31. The zero-order valence-electron chi connectivity index (χ0n) is 10.1. The molecule has 0 saturated carbocycles. The summed E-state index contributed by atoms with van der Waals surface area (Å²) in [6.45, 7) is 0. The molecule has 3 rings (SSSR count). The Hall–Kier alpha value is -2.68. The van der Waals surface area contributed by atoms with Crippen molar-refractivity contribution in [2.45, 2.75) is 0 Å². The highest BCUT2D eigenvalue weighted by atomic mass is 16.5. The van der Waals surface area contributed by atoms with Crippen molar-refractivity contribution in [3.63, 3.8) is 0 Å². The number of ether oxygens (including phenoxy) is 1. The molecule has 92 valence electrons. The van der Waals surface area contributed by atoms with Gasteiger partial charge in [0.2, 0.25) is 0 Å². The van der Waals surface area contributed by atoms with Crippen molar-refractivity contribution >= 4 is 17.2 Å². The maximum absolute atomic E-state index is 10.8. The number of benzene rings is 2. The minimum Gasteiger partial charge on any atom is -0.457 e. The van der Waals surface area contributed by atoms with Crippen LogP contribution in [0.1, 0.15) is 10.4 Å². The lowest BCUT2D eigenvalue weighted by atomic mass is 10.2. The first-order valence-electron chi connectivity index (χ1n) is 5.94. The number of rotatable bonds is 3. The number of aromatic nitrogens is 1.